The Morgan fingerprint density at radius 3 is 2.67 bits per heavy atom. The SMILES string of the molecule is Cc1c(C(=O)O)cccc1S(=O)(=O)Nc1nccc(Cl)n1. The molecule has 2 rings (SSSR count). The van der Waals surface area contributed by atoms with Crippen LogP contribution in [0.25, 0.3) is 0 Å². The second-order valence-electron chi connectivity index (χ2n) is 4.04. The van der Waals surface area contributed by atoms with E-state index in [1.807, 2.05) is 0 Å². The number of sulfonamides is 1. The fourth-order valence-electron chi connectivity index (χ4n) is 1.70. The zero-order valence-electron chi connectivity index (χ0n) is 10.7. The lowest BCUT2D eigenvalue weighted by atomic mass is 10.1. The van der Waals surface area contributed by atoms with E-state index in [2.05, 4.69) is 14.7 Å². The van der Waals surface area contributed by atoms with Gasteiger partial charge in [-0.15, -0.1) is 0 Å². The fourth-order valence-corrected chi connectivity index (χ4v) is 3.05. The van der Waals surface area contributed by atoms with Crippen molar-refractivity contribution >= 4 is 33.5 Å². The fraction of sp³-hybridized carbons (Fsp3) is 0.0833. The van der Waals surface area contributed by atoms with Gasteiger partial charge in [0, 0.05) is 6.20 Å². The van der Waals surface area contributed by atoms with Crippen molar-refractivity contribution in [2.24, 2.45) is 0 Å². The highest BCUT2D eigenvalue weighted by Crippen LogP contribution is 2.21. The number of hydrogen-bond acceptors (Lipinski definition) is 5. The van der Waals surface area contributed by atoms with Gasteiger partial charge in [0.05, 0.1) is 10.5 Å². The van der Waals surface area contributed by atoms with Crippen LogP contribution in [0.3, 0.4) is 0 Å². The maximum atomic E-state index is 12.3. The quantitative estimate of drug-likeness (QED) is 0.830. The average molecular weight is 328 g/mol. The van der Waals surface area contributed by atoms with Gasteiger partial charge in [0.25, 0.3) is 10.0 Å². The summed E-state index contributed by atoms with van der Waals surface area (Å²) in [6.07, 6.45) is 1.30. The molecule has 0 aliphatic carbocycles. The van der Waals surface area contributed by atoms with Crippen molar-refractivity contribution in [3.8, 4) is 0 Å². The number of carboxylic acids is 1. The number of rotatable bonds is 4. The summed E-state index contributed by atoms with van der Waals surface area (Å²) in [5, 5.41) is 9.11. The topological polar surface area (TPSA) is 109 Å². The third-order valence-corrected chi connectivity index (χ3v) is 4.33. The van der Waals surface area contributed by atoms with Crippen molar-refractivity contribution in [2.75, 3.05) is 4.72 Å². The van der Waals surface area contributed by atoms with Crippen molar-refractivity contribution < 1.29 is 18.3 Å². The Bertz CT molecular complexity index is 808. The summed E-state index contributed by atoms with van der Waals surface area (Å²) in [4.78, 5) is 18.3. The Labute approximate surface area is 125 Å². The Balaban J connectivity index is 2.45. The maximum absolute atomic E-state index is 12.3. The van der Waals surface area contributed by atoms with Crippen molar-refractivity contribution in [2.45, 2.75) is 11.8 Å². The summed E-state index contributed by atoms with van der Waals surface area (Å²) in [7, 11) is -4.01. The number of anilines is 1. The third-order valence-electron chi connectivity index (χ3n) is 2.65. The van der Waals surface area contributed by atoms with Gasteiger partial charge >= 0.3 is 5.97 Å². The van der Waals surface area contributed by atoms with Gasteiger partial charge in [0.2, 0.25) is 5.95 Å². The molecular formula is C12H10ClN3O4S. The maximum Gasteiger partial charge on any atom is 0.335 e. The van der Waals surface area contributed by atoms with Crippen LogP contribution >= 0.6 is 11.6 Å². The molecule has 1 aromatic carbocycles. The molecule has 0 aliphatic rings. The third kappa shape index (κ3) is 3.29. The number of benzene rings is 1. The van der Waals surface area contributed by atoms with Crippen LogP contribution in [0.4, 0.5) is 5.95 Å². The zero-order valence-corrected chi connectivity index (χ0v) is 12.3. The van der Waals surface area contributed by atoms with E-state index in [0.717, 1.165) is 0 Å². The molecule has 0 saturated heterocycles. The Morgan fingerprint density at radius 2 is 2.05 bits per heavy atom. The summed E-state index contributed by atoms with van der Waals surface area (Å²) in [6, 6.07) is 5.38. The van der Waals surface area contributed by atoms with Gasteiger partial charge in [-0.05, 0) is 30.7 Å². The van der Waals surface area contributed by atoms with E-state index in [1.54, 1.807) is 0 Å². The van der Waals surface area contributed by atoms with E-state index in [9.17, 15) is 13.2 Å². The predicted octanol–water partition coefficient (Wildman–Crippen LogP) is 1.94. The molecule has 0 unspecified atom stereocenters. The molecule has 110 valence electrons. The Kier molecular flexibility index (Phi) is 4.10. The first-order valence-corrected chi connectivity index (χ1v) is 7.51. The van der Waals surface area contributed by atoms with Crippen LogP contribution in [0, 0.1) is 6.92 Å². The van der Waals surface area contributed by atoms with Crippen molar-refractivity contribution in [1.29, 1.82) is 0 Å². The molecule has 0 aliphatic heterocycles. The number of nitrogens with one attached hydrogen (secondary N) is 1. The lowest BCUT2D eigenvalue weighted by molar-refractivity contribution is 0.0696. The second kappa shape index (κ2) is 5.66. The summed E-state index contributed by atoms with van der Waals surface area (Å²) in [5.41, 5.74) is 0.0319. The minimum absolute atomic E-state index is 0.0821. The van der Waals surface area contributed by atoms with Gasteiger partial charge in [0.15, 0.2) is 0 Å². The van der Waals surface area contributed by atoms with Crippen LogP contribution in [0.1, 0.15) is 15.9 Å². The van der Waals surface area contributed by atoms with Gasteiger partial charge < -0.3 is 5.11 Å². The minimum atomic E-state index is -4.01. The summed E-state index contributed by atoms with van der Waals surface area (Å²) < 4.78 is 26.7. The summed E-state index contributed by atoms with van der Waals surface area (Å²) in [6.45, 7) is 1.41. The molecule has 0 fully saturated rings. The lowest BCUT2D eigenvalue weighted by Crippen LogP contribution is -2.17. The number of halogens is 1. The summed E-state index contributed by atoms with van der Waals surface area (Å²) in [5.74, 6) is -1.40. The minimum Gasteiger partial charge on any atom is -0.478 e. The van der Waals surface area contributed by atoms with Crippen molar-refractivity contribution in [1.82, 2.24) is 9.97 Å². The lowest BCUT2D eigenvalue weighted by Gasteiger charge is -2.10. The summed E-state index contributed by atoms with van der Waals surface area (Å²) >= 11 is 5.65. The molecule has 0 saturated carbocycles. The Morgan fingerprint density at radius 1 is 1.33 bits per heavy atom. The molecule has 0 atom stereocenters. The zero-order chi connectivity index (χ0) is 15.6. The molecule has 9 heteroatoms. The predicted molar refractivity (Wildman–Crippen MR) is 76.0 cm³/mol. The van der Waals surface area contributed by atoms with Gasteiger partial charge in [-0.25, -0.2) is 27.9 Å². The number of aromatic nitrogens is 2. The van der Waals surface area contributed by atoms with Gasteiger partial charge in [-0.2, -0.15) is 0 Å². The highest BCUT2D eigenvalue weighted by Gasteiger charge is 2.21. The average Bonchev–Trinajstić information content (AvgIpc) is 2.37. The molecule has 2 aromatic rings. The van der Waals surface area contributed by atoms with E-state index in [0.29, 0.717) is 0 Å². The number of nitrogens with zero attached hydrogens (tertiary/aromatic N) is 2. The van der Waals surface area contributed by atoms with Crippen LogP contribution in [0.15, 0.2) is 35.4 Å². The van der Waals surface area contributed by atoms with Crippen LogP contribution < -0.4 is 4.72 Å². The first-order chi connectivity index (χ1) is 9.81. The molecule has 1 aromatic heterocycles. The van der Waals surface area contributed by atoms with Crippen LogP contribution in [0.2, 0.25) is 5.15 Å². The first-order valence-electron chi connectivity index (χ1n) is 5.65. The van der Waals surface area contributed by atoms with Crippen molar-refractivity contribution in [3.63, 3.8) is 0 Å². The molecule has 0 bridgehead atoms. The largest absolute Gasteiger partial charge is 0.478 e. The number of aromatic carboxylic acids is 1. The van der Waals surface area contributed by atoms with Crippen LogP contribution in [-0.2, 0) is 10.0 Å². The standard InChI is InChI=1S/C12H10ClN3O4S/c1-7-8(11(17)18)3-2-4-9(7)21(19,20)16-12-14-6-5-10(13)15-12/h2-6H,1H3,(H,17,18)(H,14,15,16). The number of carboxylic acid groups (broad SMARTS) is 1. The molecular weight excluding hydrogens is 318 g/mol. The van der Waals surface area contributed by atoms with Crippen LogP contribution in [-0.4, -0.2) is 29.5 Å². The molecule has 0 spiro atoms. The van der Waals surface area contributed by atoms with Crippen LogP contribution in [0.5, 0.6) is 0 Å². The monoisotopic (exact) mass is 327 g/mol. The van der Waals surface area contributed by atoms with E-state index >= 15 is 0 Å². The Hall–Kier alpha value is -2.19. The molecule has 21 heavy (non-hydrogen) atoms. The van der Waals surface area contributed by atoms with Crippen molar-refractivity contribution in [3.05, 3.63) is 46.7 Å². The smallest absolute Gasteiger partial charge is 0.335 e. The highest BCUT2D eigenvalue weighted by molar-refractivity contribution is 7.92. The van der Waals surface area contributed by atoms with E-state index in [-0.39, 0.29) is 27.1 Å². The number of hydrogen-bond donors (Lipinski definition) is 2. The second-order valence-corrected chi connectivity index (χ2v) is 6.08. The van der Waals surface area contributed by atoms with Gasteiger partial charge in [-0.1, -0.05) is 17.7 Å². The molecule has 7 nitrogen and oxygen atoms in total. The van der Waals surface area contributed by atoms with Gasteiger partial charge in [-0.3, -0.25) is 0 Å². The van der Waals surface area contributed by atoms with E-state index in [1.165, 1.54) is 37.4 Å². The molecule has 0 radical (unpaired) electrons. The normalized spacial score (nSPS) is 11.1. The molecule has 1 heterocycles. The molecule has 2 N–H and O–H groups in total. The highest BCUT2D eigenvalue weighted by atomic mass is 35.5. The molecule has 0 amide bonds. The van der Waals surface area contributed by atoms with Gasteiger partial charge in [0.1, 0.15) is 5.15 Å². The van der Waals surface area contributed by atoms with E-state index < -0.39 is 16.0 Å². The number of carbonyl (C=O) groups is 1. The first kappa shape index (κ1) is 15.2. The van der Waals surface area contributed by atoms with E-state index in [4.69, 9.17) is 16.7 Å².